The van der Waals surface area contributed by atoms with Crippen molar-refractivity contribution in [2.24, 2.45) is 0 Å². The second-order valence-corrected chi connectivity index (χ2v) is 8.18. The van der Waals surface area contributed by atoms with Crippen molar-refractivity contribution in [1.82, 2.24) is 0 Å². The average molecular weight is 483 g/mol. The maximum Gasteiger partial charge on any atom is 0.341 e. The molecule has 0 aliphatic rings. The summed E-state index contributed by atoms with van der Waals surface area (Å²) in [5, 5.41) is 14.0. The Bertz CT molecular complexity index is 1210. The van der Waals surface area contributed by atoms with Crippen molar-refractivity contribution in [3.63, 3.8) is 0 Å². The molecule has 176 valence electrons. The summed E-state index contributed by atoms with van der Waals surface area (Å²) in [5.41, 5.74) is 1.03. The Morgan fingerprint density at radius 1 is 1.09 bits per heavy atom. The van der Waals surface area contributed by atoms with Crippen LogP contribution in [0.5, 0.6) is 0 Å². The third-order valence-corrected chi connectivity index (χ3v) is 5.82. The lowest BCUT2D eigenvalue weighted by Gasteiger charge is -2.13. The number of carbonyl (C=O) groups is 3. The van der Waals surface area contributed by atoms with Crippen LogP contribution in [0.2, 0.25) is 0 Å². The Kier molecular flexibility index (Phi) is 8.10. The van der Waals surface area contributed by atoms with Crippen LogP contribution >= 0.6 is 11.3 Å². The molecule has 0 spiro atoms. The molecule has 0 radical (unpaired) electrons. The summed E-state index contributed by atoms with van der Waals surface area (Å²) in [5.74, 6) is -2.03. The second kappa shape index (κ2) is 11.2. The summed E-state index contributed by atoms with van der Waals surface area (Å²) in [6.45, 7) is 3.23. The lowest BCUT2D eigenvalue weighted by molar-refractivity contribution is -0.385. The minimum atomic E-state index is -1.20. The van der Waals surface area contributed by atoms with Gasteiger partial charge < -0.3 is 14.8 Å². The van der Waals surface area contributed by atoms with E-state index >= 15 is 0 Å². The molecule has 1 atom stereocenters. The predicted molar refractivity (Wildman–Crippen MR) is 127 cm³/mol. The highest BCUT2D eigenvalue weighted by Gasteiger charge is 2.25. The van der Waals surface area contributed by atoms with Crippen LogP contribution in [0.15, 0.2) is 60.7 Å². The van der Waals surface area contributed by atoms with E-state index in [0.717, 1.165) is 10.4 Å². The monoisotopic (exact) mass is 482 g/mol. The topological polar surface area (TPSA) is 125 Å². The summed E-state index contributed by atoms with van der Waals surface area (Å²) >= 11 is 1.19. The Morgan fingerprint density at radius 2 is 1.76 bits per heavy atom. The molecule has 2 aromatic carbocycles. The van der Waals surface area contributed by atoms with Gasteiger partial charge in [-0.25, -0.2) is 4.79 Å². The van der Waals surface area contributed by atoms with Gasteiger partial charge in [-0.15, -0.1) is 11.3 Å². The number of amides is 1. The molecule has 0 saturated carbocycles. The van der Waals surface area contributed by atoms with E-state index in [0.29, 0.717) is 0 Å². The van der Waals surface area contributed by atoms with Gasteiger partial charge in [-0.2, -0.15) is 0 Å². The average Bonchev–Trinajstić information content (AvgIpc) is 3.23. The molecule has 0 saturated heterocycles. The number of nitro benzene ring substituents is 1. The van der Waals surface area contributed by atoms with Crippen LogP contribution in [-0.2, 0) is 25.5 Å². The van der Waals surface area contributed by atoms with Gasteiger partial charge in [0, 0.05) is 16.5 Å². The molecule has 10 heteroatoms. The number of esters is 2. The van der Waals surface area contributed by atoms with E-state index in [9.17, 15) is 24.5 Å². The zero-order valence-electron chi connectivity index (χ0n) is 18.5. The van der Waals surface area contributed by atoms with Crippen LogP contribution in [0.25, 0.3) is 10.4 Å². The fourth-order valence-electron chi connectivity index (χ4n) is 3.09. The molecule has 3 aromatic rings. The van der Waals surface area contributed by atoms with E-state index in [1.54, 1.807) is 19.1 Å². The number of nitrogens with zero attached hydrogens (tertiary/aromatic N) is 1. The molecule has 3 rings (SSSR count). The van der Waals surface area contributed by atoms with E-state index in [2.05, 4.69) is 5.32 Å². The second-order valence-electron chi connectivity index (χ2n) is 7.12. The summed E-state index contributed by atoms with van der Waals surface area (Å²) in [7, 11) is 0. The van der Waals surface area contributed by atoms with Gasteiger partial charge in [0.15, 0.2) is 6.10 Å². The maximum atomic E-state index is 12.7. The molecule has 0 fully saturated rings. The molecule has 34 heavy (non-hydrogen) atoms. The minimum Gasteiger partial charge on any atom is -0.462 e. The highest BCUT2D eigenvalue weighted by atomic mass is 32.1. The predicted octanol–water partition coefficient (Wildman–Crippen LogP) is 4.61. The smallest absolute Gasteiger partial charge is 0.341 e. The van der Waals surface area contributed by atoms with E-state index in [-0.39, 0.29) is 34.8 Å². The van der Waals surface area contributed by atoms with Crippen LogP contribution in [0, 0.1) is 10.1 Å². The van der Waals surface area contributed by atoms with E-state index in [1.165, 1.54) is 36.5 Å². The van der Waals surface area contributed by atoms with Gasteiger partial charge in [0.2, 0.25) is 0 Å². The number of hydrogen-bond acceptors (Lipinski definition) is 8. The zero-order valence-corrected chi connectivity index (χ0v) is 19.3. The minimum absolute atomic E-state index is 0.169. The van der Waals surface area contributed by atoms with Gasteiger partial charge >= 0.3 is 11.9 Å². The largest absolute Gasteiger partial charge is 0.462 e. The number of carbonyl (C=O) groups excluding carboxylic acids is 3. The number of ether oxygens (including phenoxy) is 2. The summed E-state index contributed by atoms with van der Waals surface area (Å²) in [6.07, 6.45) is -1.56. The highest BCUT2D eigenvalue weighted by Crippen LogP contribution is 2.36. The Labute approximate surface area is 199 Å². The third kappa shape index (κ3) is 6.04. The molecule has 1 amide bonds. The molecular weight excluding hydrogens is 460 g/mol. The first kappa shape index (κ1) is 24.6. The molecule has 9 nitrogen and oxygen atoms in total. The molecule has 1 unspecified atom stereocenters. The molecule has 0 aliphatic carbocycles. The van der Waals surface area contributed by atoms with Crippen molar-refractivity contribution in [3.05, 3.63) is 81.9 Å². The number of anilines is 1. The number of benzene rings is 2. The van der Waals surface area contributed by atoms with Crippen LogP contribution in [-0.4, -0.2) is 35.5 Å². The number of para-hydroxylation sites is 1. The zero-order chi connectivity index (χ0) is 24.7. The Balaban J connectivity index is 1.73. The number of thiophene rings is 1. The first-order chi connectivity index (χ1) is 16.3. The standard InChI is InChI=1S/C24H22N2O7S/c1-3-32-24(29)18-14-20(16-9-5-4-6-10-16)34-23(18)25-22(28)15(2)33-21(27)13-17-11-7-8-12-19(17)26(30)31/h4-12,14-15H,3,13H2,1-2H3,(H,25,28). The van der Waals surface area contributed by atoms with Crippen molar-refractivity contribution >= 4 is 39.9 Å². The Morgan fingerprint density at radius 3 is 2.44 bits per heavy atom. The maximum absolute atomic E-state index is 12.7. The third-order valence-electron chi connectivity index (χ3n) is 4.72. The number of rotatable bonds is 9. The molecular formula is C24H22N2O7S. The Hall–Kier alpha value is -4.05. The fourth-order valence-corrected chi connectivity index (χ4v) is 4.14. The first-order valence-electron chi connectivity index (χ1n) is 10.4. The van der Waals surface area contributed by atoms with Gasteiger partial charge in [-0.1, -0.05) is 48.5 Å². The van der Waals surface area contributed by atoms with Crippen LogP contribution in [0.3, 0.4) is 0 Å². The van der Waals surface area contributed by atoms with Gasteiger partial charge in [-0.05, 0) is 25.5 Å². The van der Waals surface area contributed by atoms with E-state index < -0.39 is 28.9 Å². The summed E-state index contributed by atoms with van der Waals surface area (Å²) in [4.78, 5) is 48.7. The number of nitrogens with one attached hydrogen (secondary N) is 1. The summed E-state index contributed by atoms with van der Waals surface area (Å²) in [6, 6.07) is 16.8. The summed E-state index contributed by atoms with van der Waals surface area (Å²) < 4.78 is 10.3. The lowest BCUT2D eigenvalue weighted by Crippen LogP contribution is -2.30. The molecule has 1 heterocycles. The normalized spacial score (nSPS) is 11.4. The van der Waals surface area contributed by atoms with Crippen LogP contribution in [0.4, 0.5) is 10.7 Å². The van der Waals surface area contributed by atoms with Crippen molar-refractivity contribution in [2.45, 2.75) is 26.4 Å². The van der Waals surface area contributed by atoms with Gasteiger partial charge in [0.25, 0.3) is 11.6 Å². The quantitative estimate of drug-likeness (QED) is 0.268. The van der Waals surface area contributed by atoms with Gasteiger partial charge in [0.05, 0.1) is 23.5 Å². The van der Waals surface area contributed by atoms with Crippen molar-refractivity contribution in [3.8, 4) is 10.4 Å². The molecule has 0 aliphatic heterocycles. The van der Waals surface area contributed by atoms with Gasteiger partial charge in [-0.3, -0.25) is 19.7 Å². The molecule has 1 aromatic heterocycles. The van der Waals surface area contributed by atoms with Gasteiger partial charge in [0.1, 0.15) is 5.00 Å². The number of hydrogen-bond donors (Lipinski definition) is 1. The SMILES string of the molecule is CCOC(=O)c1cc(-c2ccccc2)sc1NC(=O)C(C)OC(=O)Cc1ccccc1[N+](=O)[O-]. The van der Waals surface area contributed by atoms with E-state index in [1.807, 2.05) is 30.3 Å². The first-order valence-corrected chi connectivity index (χ1v) is 11.2. The van der Waals surface area contributed by atoms with Crippen molar-refractivity contribution in [1.29, 1.82) is 0 Å². The van der Waals surface area contributed by atoms with Crippen LogP contribution in [0.1, 0.15) is 29.8 Å². The fraction of sp³-hybridized carbons (Fsp3) is 0.208. The highest BCUT2D eigenvalue weighted by molar-refractivity contribution is 7.20. The molecule has 1 N–H and O–H groups in total. The van der Waals surface area contributed by atoms with Crippen molar-refractivity contribution in [2.75, 3.05) is 11.9 Å². The van der Waals surface area contributed by atoms with Crippen LogP contribution < -0.4 is 5.32 Å². The van der Waals surface area contributed by atoms with E-state index in [4.69, 9.17) is 9.47 Å². The lowest BCUT2D eigenvalue weighted by atomic mass is 10.1. The molecule has 0 bridgehead atoms. The van der Waals surface area contributed by atoms with Crippen molar-refractivity contribution < 1.29 is 28.8 Å². The number of nitro groups is 1.